The first-order chi connectivity index (χ1) is 15.3. The Balaban J connectivity index is 0.00000306. The van der Waals surface area contributed by atoms with Gasteiger partial charge in [-0.15, -0.1) is 0 Å². The van der Waals surface area contributed by atoms with Crippen LogP contribution in [0.5, 0.6) is 0 Å². The third kappa shape index (κ3) is 4.91. The second-order valence-corrected chi connectivity index (χ2v) is 7.69. The number of fused-ring (bicyclic) bond motifs is 3. The number of amides is 1. The van der Waals surface area contributed by atoms with Crippen molar-refractivity contribution in [2.24, 2.45) is 0 Å². The van der Waals surface area contributed by atoms with Gasteiger partial charge in [-0.25, -0.2) is 0 Å². The van der Waals surface area contributed by atoms with Crippen molar-refractivity contribution in [2.75, 3.05) is 6.61 Å². The van der Waals surface area contributed by atoms with Crippen molar-refractivity contribution < 1.29 is 64.3 Å². The maximum atomic E-state index is 11.9. The van der Waals surface area contributed by atoms with Gasteiger partial charge in [0.05, 0.1) is 18.7 Å². The van der Waals surface area contributed by atoms with Crippen LogP contribution in [-0.4, -0.2) is 67.9 Å². The van der Waals surface area contributed by atoms with Crippen molar-refractivity contribution in [1.29, 1.82) is 0 Å². The van der Waals surface area contributed by atoms with Gasteiger partial charge in [-0.3, -0.25) is 9.48 Å². The zero-order valence-corrected chi connectivity index (χ0v) is 20.1. The average Bonchev–Trinajstić information content (AvgIpc) is 3.22. The van der Waals surface area contributed by atoms with E-state index in [0.717, 1.165) is 16.2 Å². The van der Waals surface area contributed by atoms with Crippen LogP contribution in [-0.2, 0) is 14.3 Å². The molecule has 0 saturated heterocycles. The third-order valence-electron chi connectivity index (χ3n) is 5.52. The number of hydrogen-bond acceptors (Lipinski definition) is 8. The predicted octanol–water partition coefficient (Wildman–Crippen LogP) is -4.01. The number of aliphatic carboxylic acids is 1. The quantitative estimate of drug-likeness (QED) is 0.269. The molecule has 1 aliphatic heterocycles. The fraction of sp³-hybridized carbons (Fsp3) is 0.318. The van der Waals surface area contributed by atoms with Gasteiger partial charge in [0.15, 0.2) is 0 Å². The molecule has 10 nitrogen and oxygen atoms in total. The average molecular weight is 463 g/mol. The second-order valence-electron chi connectivity index (χ2n) is 7.69. The molecule has 0 unspecified atom stereocenters. The number of nitrogens with one attached hydrogen (secondary N) is 1. The molecular weight excluding hydrogens is 441 g/mol. The van der Waals surface area contributed by atoms with Gasteiger partial charge in [0.1, 0.15) is 35.6 Å². The molecule has 4 rings (SSSR count). The summed E-state index contributed by atoms with van der Waals surface area (Å²) >= 11 is 0. The van der Waals surface area contributed by atoms with Crippen LogP contribution in [0.3, 0.4) is 0 Å². The molecule has 11 heteroatoms. The fourth-order valence-corrected chi connectivity index (χ4v) is 4.01. The standard InChI is InChI=1S/C22H23N3O7.Na/c1-11(27)23-19-15(8-17(22(30)31)32-21(19)20(29)16(28)10-26)25-9-13-7-6-12-4-2-3-5-14(12)18(13)24-25;/h2-9,15-16,19-21,26,28-29H,10H2,1H3,(H,23,27)(H,30,31);/q;+1/p-1/t15-,16+,19+,20+,21+;/m0./s1. The van der Waals surface area contributed by atoms with E-state index in [4.69, 9.17) is 4.74 Å². The Morgan fingerprint density at radius 3 is 2.58 bits per heavy atom. The Morgan fingerprint density at radius 2 is 1.91 bits per heavy atom. The van der Waals surface area contributed by atoms with Gasteiger partial charge < -0.3 is 35.3 Å². The molecule has 0 radical (unpaired) electrons. The van der Waals surface area contributed by atoms with E-state index >= 15 is 0 Å². The molecular formula is C22H22N3NaO7. The maximum absolute atomic E-state index is 11.9. The molecule has 1 aliphatic rings. The van der Waals surface area contributed by atoms with Crippen LogP contribution >= 0.6 is 0 Å². The first kappa shape index (κ1) is 25.2. The van der Waals surface area contributed by atoms with Gasteiger partial charge >= 0.3 is 29.6 Å². The van der Waals surface area contributed by atoms with Gasteiger partial charge in [-0.1, -0.05) is 36.4 Å². The summed E-state index contributed by atoms with van der Waals surface area (Å²) < 4.78 is 6.84. The minimum absolute atomic E-state index is 0. The van der Waals surface area contributed by atoms with Gasteiger partial charge in [0.25, 0.3) is 0 Å². The molecule has 1 amide bonds. The summed E-state index contributed by atoms with van der Waals surface area (Å²) in [6, 6.07) is 9.56. The number of rotatable bonds is 6. The summed E-state index contributed by atoms with van der Waals surface area (Å²) in [5.41, 5.74) is 0.673. The third-order valence-corrected chi connectivity index (χ3v) is 5.52. The number of nitrogens with zero attached hydrogens (tertiary/aromatic N) is 2. The van der Waals surface area contributed by atoms with Crippen molar-refractivity contribution in [1.82, 2.24) is 15.1 Å². The number of aromatic nitrogens is 2. The summed E-state index contributed by atoms with van der Waals surface area (Å²) in [5.74, 6) is -2.67. The molecule has 0 bridgehead atoms. The Bertz CT molecular complexity index is 1210. The fourth-order valence-electron chi connectivity index (χ4n) is 4.01. The van der Waals surface area contributed by atoms with Crippen molar-refractivity contribution in [3.8, 4) is 0 Å². The summed E-state index contributed by atoms with van der Waals surface area (Å²) in [7, 11) is 0. The monoisotopic (exact) mass is 463 g/mol. The van der Waals surface area contributed by atoms with E-state index in [2.05, 4.69) is 10.4 Å². The Labute approximate surface area is 210 Å². The Morgan fingerprint density at radius 1 is 1.21 bits per heavy atom. The van der Waals surface area contributed by atoms with E-state index in [9.17, 15) is 30.0 Å². The number of ether oxygens (including phenoxy) is 1. The van der Waals surface area contributed by atoms with Crippen LogP contribution in [0.4, 0.5) is 0 Å². The predicted molar refractivity (Wildman–Crippen MR) is 111 cm³/mol. The smallest absolute Gasteiger partial charge is 0.542 e. The SMILES string of the molecule is CC(=O)N[C@H]1[C@H]([C@H](O)[C@H](O)CO)OC(C(=O)[O-])=C[C@@H]1n1cc2ccc3ccccc3c2n1.[Na+]. The van der Waals surface area contributed by atoms with E-state index in [0.29, 0.717) is 5.52 Å². The minimum Gasteiger partial charge on any atom is -0.542 e. The molecule has 0 saturated carbocycles. The summed E-state index contributed by atoms with van der Waals surface area (Å²) in [6.45, 7) is 0.467. The van der Waals surface area contributed by atoms with Gasteiger partial charge in [0.2, 0.25) is 5.91 Å². The first-order valence-electron chi connectivity index (χ1n) is 10.0. The molecule has 1 aromatic heterocycles. The van der Waals surface area contributed by atoms with Gasteiger partial charge in [-0.2, -0.15) is 5.10 Å². The van der Waals surface area contributed by atoms with Crippen LogP contribution in [0.25, 0.3) is 21.7 Å². The normalized spacial score (nSPS) is 22.1. The molecule has 33 heavy (non-hydrogen) atoms. The maximum Gasteiger partial charge on any atom is 1.00 e. The summed E-state index contributed by atoms with van der Waals surface area (Å²) in [6.07, 6.45) is -1.79. The number of hydrogen-bond donors (Lipinski definition) is 4. The molecule has 168 valence electrons. The van der Waals surface area contributed by atoms with Crippen molar-refractivity contribution >= 4 is 33.6 Å². The van der Waals surface area contributed by atoms with E-state index < -0.39 is 54.6 Å². The first-order valence-corrected chi connectivity index (χ1v) is 10.0. The molecule has 4 N–H and O–H groups in total. The van der Waals surface area contributed by atoms with E-state index in [1.807, 2.05) is 36.4 Å². The van der Waals surface area contributed by atoms with Gasteiger partial charge in [0, 0.05) is 23.9 Å². The number of carbonyl (C=O) groups is 2. The van der Waals surface area contributed by atoms with Crippen molar-refractivity contribution in [3.63, 3.8) is 0 Å². The van der Waals surface area contributed by atoms with E-state index in [-0.39, 0.29) is 29.6 Å². The van der Waals surface area contributed by atoms with Gasteiger partial charge in [-0.05, 0) is 11.5 Å². The molecule has 0 spiro atoms. The van der Waals surface area contributed by atoms with Crippen LogP contribution in [0.15, 0.2) is 54.4 Å². The van der Waals surface area contributed by atoms with Crippen LogP contribution in [0.1, 0.15) is 13.0 Å². The van der Waals surface area contributed by atoms with Crippen molar-refractivity contribution in [3.05, 3.63) is 54.4 Å². The molecule has 0 fully saturated rings. The topological polar surface area (TPSA) is 157 Å². The van der Waals surface area contributed by atoms with Crippen LogP contribution in [0.2, 0.25) is 0 Å². The largest absolute Gasteiger partial charge is 1.00 e. The van der Waals surface area contributed by atoms with E-state index in [1.54, 1.807) is 6.20 Å². The zero-order valence-electron chi connectivity index (χ0n) is 18.1. The van der Waals surface area contributed by atoms with Crippen LogP contribution < -0.4 is 40.0 Å². The molecule has 3 aromatic rings. The van der Waals surface area contributed by atoms with E-state index in [1.165, 1.54) is 17.7 Å². The van der Waals surface area contributed by atoms with Crippen molar-refractivity contribution in [2.45, 2.75) is 37.3 Å². The summed E-state index contributed by atoms with van der Waals surface area (Å²) in [4.78, 5) is 23.5. The number of carbonyl (C=O) groups excluding carboxylic acids is 2. The number of carboxylic acids is 1. The summed E-state index contributed by atoms with van der Waals surface area (Å²) in [5, 5.41) is 51.2. The number of benzene rings is 2. The zero-order chi connectivity index (χ0) is 23.0. The Hall–Kier alpha value is -2.47. The molecule has 2 heterocycles. The number of aliphatic hydroxyl groups excluding tert-OH is 3. The van der Waals surface area contributed by atoms with Crippen LogP contribution in [0, 0.1) is 0 Å². The molecule has 5 atom stereocenters. The molecule has 2 aromatic carbocycles. The number of carboxylic acid groups (broad SMARTS) is 1. The Kier molecular flexibility index (Phi) is 7.78. The second kappa shape index (κ2) is 10.2. The minimum atomic E-state index is -1.70. The number of aliphatic hydroxyl groups is 3. The molecule has 0 aliphatic carbocycles.